The summed E-state index contributed by atoms with van der Waals surface area (Å²) in [4.78, 5) is 0. The lowest BCUT2D eigenvalue weighted by molar-refractivity contribution is 0.0996. The van der Waals surface area contributed by atoms with Crippen LogP contribution < -0.4 is 0 Å². The van der Waals surface area contributed by atoms with Gasteiger partial charge in [-0.2, -0.15) is 4.39 Å². The van der Waals surface area contributed by atoms with E-state index in [0.29, 0.717) is 12.5 Å². The zero-order valence-corrected chi connectivity index (χ0v) is 17.2. The molecule has 2 nitrogen and oxygen atoms in total. The second-order valence-electron chi connectivity index (χ2n) is 7.46. The lowest BCUT2D eigenvalue weighted by Gasteiger charge is -2.28. The second kappa shape index (κ2) is 11.8. The van der Waals surface area contributed by atoms with Crippen LogP contribution in [-0.4, -0.2) is 19.9 Å². The van der Waals surface area contributed by atoms with Crippen molar-refractivity contribution in [2.75, 3.05) is 13.7 Å². The highest BCUT2D eigenvalue weighted by molar-refractivity contribution is 5.44. The Kier molecular flexibility index (Phi) is 10.2. The van der Waals surface area contributed by atoms with Crippen molar-refractivity contribution in [2.24, 2.45) is 11.8 Å². The van der Waals surface area contributed by atoms with Crippen LogP contribution in [-0.2, 0) is 9.47 Å². The van der Waals surface area contributed by atoms with Gasteiger partial charge in [-0.05, 0) is 30.3 Å². The van der Waals surface area contributed by atoms with Gasteiger partial charge in [0, 0.05) is 12.0 Å². The third kappa shape index (κ3) is 7.25. The molecule has 0 bridgehead atoms. The molecule has 0 heterocycles. The average molecular weight is 399 g/mol. The molecule has 1 fully saturated rings. The fraction of sp³-hybridized carbons (Fsp3) is 0.565. The molecule has 28 heavy (non-hydrogen) atoms. The summed E-state index contributed by atoms with van der Waals surface area (Å²) in [6, 6.07) is 0. The number of ether oxygens (including phenoxy) is 2. The monoisotopic (exact) mass is 398 g/mol. The van der Waals surface area contributed by atoms with Crippen LogP contribution in [0.5, 0.6) is 0 Å². The maximum absolute atomic E-state index is 14.4. The summed E-state index contributed by atoms with van der Waals surface area (Å²) in [6.45, 7) is 16.5. The van der Waals surface area contributed by atoms with E-state index >= 15 is 0 Å². The Morgan fingerprint density at radius 3 is 2.11 bits per heavy atom. The van der Waals surface area contributed by atoms with Crippen LogP contribution in [0.25, 0.3) is 0 Å². The number of rotatable bonds is 12. The number of halogens is 3. The zero-order chi connectivity index (χ0) is 21.3. The van der Waals surface area contributed by atoms with Gasteiger partial charge in [0.25, 0.3) is 0 Å². The largest absolute Gasteiger partial charge is 0.495 e. The van der Waals surface area contributed by atoms with E-state index in [0.717, 1.165) is 18.8 Å². The lowest BCUT2D eigenvalue weighted by atomic mass is 9.80. The highest BCUT2D eigenvalue weighted by Crippen LogP contribution is 2.33. The molecular weight excluding hydrogens is 365 g/mol. The van der Waals surface area contributed by atoms with Crippen molar-refractivity contribution in [1.29, 1.82) is 0 Å². The van der Waals surface area contributed by atoms with Crippen LogP contribution in [0.3, 0.4) is 0 Å². The fourth-order valence-electron chi connectivity index (χ4n) is 3.36. The molecule has 0 aliphatic heterocycles. The third-order valence-electron chi connectivity index (χ3n) is 5.32. The first kappa shape index (κ1) is 24.1. The minimum absolute atomic E-state index is 0.0178. The molecule has 0 radical (unpaired) electrons. The lowest BCUT2D eigenvalue weighted by Crippen LogP contribution is -2.20. The maximum atomic E-state index is 14.4. The summed E-state index contributed by atoms with van der Waals surface area (Å²) in [5, 5.41) is 0. The van der Waals surface area contributed by atoms with Gasteiger partial charge in [-0.1, -0.05) is 58.9 Å². The van der Waals surface area contributed by atoms with Crippen LogP contribution >= 0.6 is 0 Å². The molecule has 0 saturated heterocycles. The summed E-state index contributed by atoms with van der Waals surface area (Å²) in [7, 11) is 1.17. The van der Waals surface area contributed by atoms with Crippen molar-refractivity contribution in [3.8, 4) is 0 Å². The molecule has 1 unspecified atom stereocenters. The van der Waals surface area contributed by atoms with E-state index in [1.165, 1.54) is 32.8 Å². The summed E-state index contributed by atoms with van der Waals surface area (Å²) >= 11 is 0. The summed E-state index contributed by atoms with van der Waals surface area (Å²) < 4.78 is 52.3. The van der Waals surface area contributed by atoms with Crippen molar-refractivity contribution in [3.05, 3.63) is 60.6 Å². The molecule has 0 N–H and O–H groups in total. The summed E-state index contributed by atoms with van der Waals surface area (Å²) in [5.41, 5.74) is -0.311. The van der Waals surface area contributed by atoms with Gasteiger partial charge < -0.3 is 9.47 Å². The normalized spacial score (nSPS) is 21.3. The molecule has 0 aromatic heterocycles. The Morgan fingerprint density at radius 2 is 1.57 bits per heavy atom. The quantitative estimate of drug-likeness (QED) is 0.254. The van der Waals surface area contributed by atoms with Gasteiger partial charge in [-0.25, -0.2) is 8.78 Å². The molecule has 1 rings (SSSR count). The van der Waals surface area contributed by atoms with E-state index in [2.05, 4.69) is 38.0 Å². The molecule has 0 amide bonds. The highest BCUT2D eigenvalue weighted by atomic mass is 19.2. The van der Waals surface area contributed by atoms with Crippen molar-refractivity contribution >= 4 is 0 Å². The Balaban J connectivity index is 2.46. The minimum Gasteiger partial charge on any atom is -0.495 e. The average Bonchev–Trinajstić information content (AvgIpc) is 2.70. The molecule has 1 saturated carbocycles. The SMILES string of the molecule is C=C(CC(F)C(=C)OCC1CCC(CCC)CC1)C(=C)/C(F)=C(/F)C(=C)OC. The van der Waals surface area contributed by atoms with Gasteiger partial charge >= 0.3 is 0 Å². The van der Waals surface area contributed by atoms with Crippen molar-refractivity contribution in [2.45, 2.75) is 58.0 Å². The second-order valence-corrected chi connectivity index (χ2v) is 7.46. The van der Waals surface area contributed by atoms with E-state index in [-0.39, 0.29) is 23.3 Å². The molecule has 1 aliphatic carbocycles. The summed E-state index contributed by atoms with van der Waals surface area (Å²) in [5.74, 6) is -1.83. The molecule has 5 heteroatoms. The first-order valence-electron chi connectivity index (χ1n) is 9.82. The molecule has 0 aromatic rings. The standard InChI is InChI=1S/C23H33F3O2/c1-7-8-19-9-11-20(12-10-19)14-28-17(4)21(24)13-15(2)16(3)22(25)23(26)18(5)27-6/h19-21H,2-5,7-14H2,1,6H3/b23-22-. The maximum Gasteiger partial charge on any atom is 0.200 e. The number of alkyl halides is 1. The Labute approximate surface area is 167 Å². The van der Waals surface area contributed by atoms with Crippen LogP contribution in [0.1, 0.15) is 51.9 Å². The van der Waals surface area contributed by atoms with E-state index in [4.69, 9.17) is 4.74 Å². The van der Waals surface area contributed by atoms with Crippen LogP contribution in [0.4, 0.5) is 13.2 Å². The van der Waals surface area contributed by atoms with E-state index in [9.17, 15) is 13.2 Å². The Hall–Kier alpha value is -1.91. The topological polar surface area (TPSA) is 18.5 Å². The number of hydrogen-bond acceptors (Lipinski definition) is 2. The van der Waals surface area contributed by atoms with Gasteiger partial charge in [0.15, 0.2) is 12.0 Å². The molecule has 0 spiro atoms. The Bertz CT molecular complexity index is 613. The number of allylic oxidation sites excluding steroid dienone is 5. The Morgan fingerprint density at radius 1 is 1.00 bits per heavy atom. The predicted octanol–water partition coefficient (Wildman–Crippen LogP) is 7.27. The first-order valence-corrected chi connectivity index (χ1v) is 9.82. The zero-order valence-electron chi connectivity index (χ0n) is 17.2. The number of hydrogen-bond donors (Lipinski definition) is 0. The van der Waals surface area contributed by atoms with Crippen molar-refractivity contribution in [1.82, 2.24) is 0 Å². The molecule has 158 valence electrons. The number of methoxy groups -OCH3 is 1. The molecule has 1 aliphatic rings. The van der Waals surface area contributed by atoms with Gasteiger partial charge in [0.2, 0.25) is 5.83 Å². The fourth-order valence-corrected chi connectivity index (χ4v) is 3.36. The van der Waals surface area contributed by atoms with Crippen LogP contribution in [0.15, 0.2) is 60.6 Å². The molecule has 1 atom stereocenters. The highest BCUT2D eigenvalue weighted by Gasteiger charge is 2.23. The van der Waals surface area contributed by atoms with Gasteiger partial charge in [0.1, 0.15) is 11.5 Å². The predicted molar refractivity (Wildman–Crippen MR) is 109 cm³/mol. The van der Waals surface area contributed by atoms with E-state index in [1.54, 1.807) is 0 Å². The van der Waals surface area contributed by atoms with Gasteiger partial charge in [-0.3, -0.25) is 0 Å². The minimum atomic E-state index is -1.57. The first-order chi connectivity index (χ1) is 13.2. The summed E-state index contributed by atoms with van der Waals surface area (Å²) in [6.07, 6.45) is 5.17. The molecule has 0 aromatic carbocycles. The van der Waals surface area contributed by atoms with Crippen molar-refractivity contribution in [3.63, 3.8) is 0 Å². The van der Waals surface area contributed by atoms with E-state index in [1.807, 2.05) is 0 Å². The van der Waals surface area contributed by atoms with Gasteiger partial charge in [-0.15, -0.1) is 0 Å². The molecular formula is C23H33F3O2. The smallest absolute Gasteiger partial charge is 0.200 e. The van der Waals surface area contributed by atoms with E-state index < -0.39 is 23.6 Å². The third-order valence-corrected chi connectivity index (χ3v) is 5.32. The van der Waals surface area contributed by atoms with Crippen LogP contribution in [0.2, 0.25) is 0 Å². The van der Waals surface area contributed by atoms with Crippen LogP contribution in [0, 0.1) is 11.8 Å². The van der Waals surface area contributed by atoms with Gasteiger partial charge in [0.05, 0.1) is 13.7 Å². The van der Waals surface area contributed by atoms with Crippen molar-refractivity contribution < 1.29 is 22.6 Å².